The van der Waals surface area contributed by atoms with Gasteiger partial charge in [-0.05, 0) is 45.0 Å². The SMILES string of the molecule is CCN(Cc1cc(C(F)(F)F)n[nH]1)C1CCCNCC1. The van der Waals surface area contributed by atoms with Crippen LogP contribution >= 0.6 is 0 Å². The van der Waals surface area contributed by atoms with E-state index in [0.29, 0.717) is 18.3 Å². The van der Waals surface area contributed by atoms with Crippen LogP contribution in [-0.4, -0.2) is 40.8 Å². The van der Waals surface area contributed by atoms with Gasteiger partial charge in [-0.25, -0.2) is 0 Å². The lowest BCUT2D eigenvalue weighted by Gasteiger charge is -2.29. The summed E-state index contributed by atoms with van der Waals surface area (Å²) in [6.07, 6.45) is -1.15. The van der Waals surface area contributed by atoms with Crippen LogP contribution < -0.4 is 5.32 Å². The molecule has 1 aliphatic heterocycles. The van der Waals surface area contributed by atoms with Gasteiger partial charge in [-0.15, -0.1) is 0 Å². The van der Waals surface area contributed by atoms with E-state index in [2.05, 4.69) is 20.4 Å². The zero-order chi connectivity index (χ0) is 14.6. The lowest BCUT2D eigenvalue weighted by Crippen LogP contribution is -2.35. The van der Waals surface area contributed by atoms with Crippen molar-refractivity contribution in [2.75, 3.05) is 19.6 Å². The van der Waals surface area contributed by atoms with Crippen molar-refractivity contribution in [3.8, 4) is 0 Å². The molecule has 2 heterocycles. The van der Waals surface area contributed by atoms with E-state index in [1.807, 2.05) is 6.92 Å². The number of hydrogen-bond donors (Lipinski definition) is 2. The van der Waals surface area contributed by atoms with Crippen LogP contribution in [0, 0.1) is 0 Å². The summed E-state index contributed by atoms with van der Waals surface area (Å²) in [5.41, 5.74) is -0.317. The second-order valence-corrected chi connectivity index (χ2v) is 5.17. The molecule has 2 N–H and O–H groups in total. The van der Waals surface area contributed by atoms with E-state index >= 15 is 0 Å². The van der Waals surface area contributed by atoms with Gasteiger partial charge in [0.15, 0.2) is 5.69 Å². The molecular weight excluding hydrogens is 269 g/mol. The highest BCUT2D eigenvalue weighted by atomic mass is 19.4. The summed E-state index contributed by atoms with van der Waals surface area (Å²) in [7, 11) is 0. The maximum absolute atomic E-state index is 12.5. The standard InChI is InChI=1S/C13H21F3N4/c1-2-20(11-4-3-6-17-7-5-11)9-10-8-12(19-18-10)13(14,15)16/h8,11,17H,2-7,9H2,1H3,(H,18,19). The summed E-state index contributed by atoms with van der Waals surface area (Å²) in [6.45, 7) is 5.35. The van der Waals surface area contributed by atoms with E-state index in [4.69, 9.17) is 0 Å². The van der Waals surface area contributed by atoms with Crippen LogP contribution in [0.1, 0.15) is 37.6 Å². The van der Waals surface area contributed by atoms with Gasteiger partial charge in [-0.2, -0.15) is 18.3 Å². The van der Waals surface area contributed by atoms with Gasteiger partial charge in [0.2, 0.25) is 0 Å². The second kappa shape index (κ2) is 6.58. The van der Waals surface area contributed by atoms with Crippen LogP contribution in [0.2, 0.25) is 0 Å². The number of hydrogen-bond acceptors (Lipinski definition) is 3. The molecule has 4 nitrogen and oxygen atoms in total. The molecule has 0 radical (unpaired) electrons. The van der Waals surface area contributed by atoms with E-state index in [0.717, 1.165) is 45.0 Å². The Labute approximate surface area is 116 Å². The Kier molecular flexibility index (Phi) is 5.04. The van der Waals surface area contributed by atoms with Gasteiger partial charge in [0.05, 0.1) is 0 Å². The maximum atomic E-state index is 12.5. The fraction of sp³-hybridized carbons (Fsp3) is 0.769. The summed E-state index contributed by atoms with van der Waals surface area (Å²) >= 11 is 0. The van der Waals surface area contributed by atoms with Crippen molar-refractivity contribution in [2.24, 2.45) is 0 Å². The number of alkyl halides is 3. The molecule has 0 saturated carbocycles. The van der Waals surface area contributed by atoms with Gasteiger partial charge in [-0.3, -0.25) is 10.00 Å². The molecule has 0 aromatic carbocycles. The molecular formula is C13H21F3N4. The minimum atomic E-state index is -4.38. The highest BCUT2D eigenvalue weighted by molar-refractivity contribution is 5.11. The number of nitrogens with one attached hydrogen (secondary N) is 2. The molecule has 2 rings (SSSR count). The molecule has 1 unspecified atom stereocenters. The zero-order valence-corrected chi connectivity index (χ0v) is 11.6. The van der Waals surface area contributed by atoms with Crippen LogP contribution in [0.5, 0.6) is 0 Å². The number of aromatic amines is 1. The van der Waals surface area contributed by atoms with E-state index in [1.165, 1.54) is 0 Å². The Hall–Kier alpha value is -1.08. The molecule has 114 valence electrons. The average Bonchev–Trinajstić information content (AvgIpc) is 2.71. The highest BCUT2D eigenvalue weighted by Crippen LogP contribution is 2.28. The van der Waals surface area contributed by atoms with Gasteiger partial charge in [0.25, 0.3) is 0 Å². The van der Waals surface area contributed by atoms with Crippen molar-refractivity contribution < 1.29 is 13.2 Å². The van der Waals surface area contributed by atoms with E-state index < -0.39 is 11.9 Å². The van der Waals surface area contributed by atoms with Gasteiger partial charge in [-0.1, -0.05) is 6.92 Å². The topological polar surface area (TPSA) is 44.0 Å². The third-order valence-electron chi connectivity index (χ3n) is 3.76. The van der Waals surface area contributed by atoms with Crippen LogP contribution in [-0.2, 0) is 12.7 Å². The Bertz CT molecular complexity index is 408. The third kappa shape index (κ3) is 3.96. The Morgan fingerprint density at radius 3 is 2.80 bits per heavy atom. The fourth-order valence-electron chi connectivity index (χ4n) is 2.67. The van der Waals surface area contributed by atoms with Gasteiger partial charge in [0.1, 0.15) is 0 Å². The van der Waals surface area contributed by atoms with Crippen LogP contribution in [0.25, 0.3) is 0 Å². The Balaban J connectivity index is 2.00. The first kappa shape index (κ1) is 15.3. The van der Waals surface area contributed by atoms with Gasteiger partial charge >= 0.3 is 6.18 Å². The van der Waals surface area contributed by atoms with E-state index in [-0.39, 0.29) is 0 Å². The summed E-state index contributed by atoms with van der Waals surface area (Å²) in [5.74, 6) is 0. The molecule has 0 bridgehead atoms. The number of halogens is 3. The first-order valence-electron chi connectivity index (χ1n) is 7.07. The van der Waals surface area contributed by atoms with Crippen LogP contribution in [0.15, 0.2) is 6.07 Å². The van der Waals surface area contributed by atoms with Crippen LogP contribution in [0.3, 0.4) is 0 Å². The lowest BCUT2D eigenvalue weighted by atomic mass is 10.1. The van der Waals surface area contributed by atoms with Crippen molar-refractivity contribution >= 4 is 0 Å². The van der Waals surface area contributed by atoms with Crippen LogP contribution in [0.4, 0.5) is 13.2 Å². The molecule has 0 amide bonds. The first-order valence-corrected chi connectivity index (χ1v) is 7.07. The molecule has 1 fully saturated rings. The Morgan fingerprint density at radius 1 is 1.35 bits per heavy atom. The Morgan fingerprint density at radius 2 is 2.15 bits per heavy atom. The summed E-state index contributed by atoms with van der Waals surface area (Å²) in [6, 6.07) is 1.53. The van der Waals surface area contributed by atoms with Crippen molar-refractivity contribution in [1.29, 1.82) is 0 Å². The predicted octanol–water partition coefficient (Wildman–Crippen LogP) is 2.39. The van der Waals surface area contributed by atoms with Gasteiger partial charge in [0, 0.05) is 18.3 Å². The monoisotopic (exact) mass is 290 g/mol. The number of H-pyrrole nitrogens is 1. The minimum absolute atomic E-state index is 0.424. The zero-order valence-electron chi connectivity index (χ0n) is 11.6. The van der Waals surface area contributed by atoms with Gasteiger partial charge < -0.3 is 5.32 Å². The number of rotatable bonds is 4. The molecule has 1 aliphatic rings. The summed E-state index contributed by atoms with van der Waals surface area (Å²) in [5, 5.41) is 9.20. The fourth-order valence-corrected chi connectivity index (χ4v) is 2.67. The largest absolute Gasteiger partial charge is 0.435 e. The molecule has 1 atom stereocenters. The third-order valence-corrected chi connectivity index (χ3v) is 3.76. The second-order valence-electron chi connectivity index (χ2n) is 5.17. The van der Waals surface area contributed by atoms with E-state index in [1.54, 1.807) is 0 Å². The minimum Gasteiger partial charge on any atom is -0.317 e. The molecule has 0 aliphatic carbocycles. The average molecular weight is 290 g/mol. The quantitative estimate of drug-likeness (QED) is 0.895. The summed E-state index contributed by atoms with van der Waals surface area (Å²) in [4.78, 5) is 2.22. The normalized spacial score (nSPS) is 21.1. The lowest BCUT2D eigenvalue weighted by molar-refractivity contribution is -0.141. The molecule has 7 heteroatoms. The maximum Gasteiger partial charge on any atom is 0.435 e. The molecule has 1 aromatic rings. The number of aromatic nitrogens is 2. The smallest absolute Gasteiger partial charge is 0.317 e. The predicted molar refractivity (Wildman–Crippen MR) is 70.2 cm³/mol. The highest BCUT2D eigenvalue weighted by Gasteiger charge is 2.34. The first-order chi connectivity index (χ1) is 9.50. The van der Waals surface area contributed by atoms with Crippen molar-refractivity contribution in [1.82, 2.24) is 20.4 Å². The van der Waals surface area contributed by atoms with E-state index in [9.17, 15) is 13.2 Å². The number of nitrogens with zero attached hydrogens (tertiary/aromatic N) is 2. The summed E-state index contributed by atoms with van der Waals surface area (Å²) < 4.78 is 37.6. The molecule has 1 saturated heterocycles. The van der Waals surface area contributed by atoms with Crippen molar-refractivity contribution in [3.05, 3.63) is 17.5 Å². The molecule has 0 spiro atoms. The molecule has 1 aromatic heterocycles. The molecule has 20 heavy (non-hydrogen) atoms. The van der Waals surface area contributed by atoms with Crippen molar-refractivity contribution in [3.63, 3.8) is 0 Å². The van der Waals surface area contributed by atoms with Crippen molar-refractivity contribution in [2.45, 2.75) is 44.9 Å².